The van der Waals surface area contributed by atoms with E-state index in [2.05, 4.69) is 0 Å². The van der Waals surface area contributed by atoms with Crippen LogP contribution in [-0.4, -0.2) is 35.0 Å². The number of amides is 1. The number of carbonyl (C=O) groups is 2. The molecule has 1 aliphatic heterocycles. The van der Waals surface area contributed by atoms with Gasteiger partial charge in [-0.25, -0.2) is 4.98 Å². The number of hydrogen-bond donors (Lipinski definition) is 1. The molecular formula is C37H32N2O6S. The van der Waals surface area contributed by atoms with E-state index in [4.69, 9.17) is 19.2 Å². The first-order valence-electron chi connectivity index (χ1n) is 15.0. The monoisotopic (exact) mass is 632 g/mol. The number of nitrogens with zero attached hydrogens (tertiary/aromatic N) is 2. The molecule has 1 aromatic heterocycles. The van der Waals surface area contributed by atoms with Crippen LogP contribution < -0.4 is 19.1 Å². The van der Waals surface area contributed by atoms with Crippen LogP contribution in [0, 0.1) is 0 Å². The Kier molecular flexibility index (Phi) is 9.12. The van der Waals surface area contributed by atoms with E-state index in [0.29, 0.717) is 53.3 Å². The number of carbonyl (C=O) groups excluding carboxylic acids is 2. The summed E-state index contributed by atoms with van der Waals surface area (Å²) in [7, 11) is 0. The van der Waals surface area contributed by atoms with Crippen molar-refractivity contribution >= 4 is 44.5 Å². The Morgan fingerprint density at radius 2 is 1.63 bits per heavy atom. The summed E-state index contributed by atoms with van der Waals surface area (Å²) in [4.78, 5) is 33.7. The topological polar surface area (TPSA) is 98.2 Å². The normalized spacial score (nSPS) is 14.8. The molecule has 6 rings (SSSR count). The van der Waals surface area contributed by atoms with E-state index in [9.17, 15) is 14.7 Å². The number of anilines is 1. The molecule has 0 fully saturated rings. The fourth-order valence-electron chi connectivity index (χ4n) is 5.27. The second kappa shape index (κ2) is 13.7. The maximum atomic E-state index is 13.8. The Labute approximate surface area is 270 Å². The summed E-state index contributed by atoms with van der Waals surface area (Å²) in [5.74, 6) is -0.183. The average molecular weight is 633 g/mol. The fraction of sp³-hybridized carbons (Fsp3) is 0.162. The average Bonchev–Trinajstić information content (AvgIpc) is 3.61. The third-order valence-electron chi connectivity index (χ3n) is 7.39. The second-order valence-electron chi connectivity index (χ2n) is 10.4. The molecule has 0 aliphatic carbocycles. The van der Waals surface area contributed by atoms with E-state index in [1.54, 1.807) is 24.3 Å². The second-order valence-corrected chi connectivity index (χ2v) is 11.4. The molecule has 46 heavy (non-hydrogen) atoms. The van der Waals surface area contributed by atoms with E-state index >= 15 is 0 Å². The zero-order valence-electron chi connectivity index (χ0n) is 25.4. The van der Waals surface area contributed by atoms with Gasteiger partial charge in [-0.3, -0.25) is 14.5 Å². The van der Waals surface area contributed by atoms with Gasteiger partial charge in [0.2, 0.25) is 0 Å². The summed E-state index contributed by atoms with van der Waals surface area (Å²) in [5.41, 5.74) is 2.97. The van der Waals surface area contributed by atoms with Crippen LogP contribution in [0.1, 0.15) is 36.6 Å². The number of fused-ring (bicyclic) bond motifs is 1. The smallest absolute Gasteiger partial charge is 0.296 e. The molecule has 232 valence electrons. The molecular weight excluding hydrogens is 600 g/mol. The Balaban J connectivity index is 1.42. The van der Waals surface area contributed by atoms with Crippen LogP contribution in [-0.2, 0) is 16.2 Å². The minimum absolute atomic E-state index is 0.0492. The van der Waals surface area contributed by atoms with Gasteiger partial charge in [0.05, 0.1) is 35.0 Å². The quantitative estimate of drug-likeness (QED) is 0.140. The van der Waals surface area contributed by atoms with Crippen molar-refractivity contribution in [3.05, 3.63) is 131 Å². The van der Waals surface area contributed by atoms with Crippen LogP contribution in [0.4, 0.5) is 5.13 Å². The Hall–Kier alpha value is -5.41. The third-order valence-corrected chi connectivity index (χ3v) is 8.40. The van der Waals surface area contributed by atoms with Gasteiger partial charge in [-0.05, 0) is 66.9 Å². The largest absolute Gasteiger partial charge is 0.503 e. The van der Waals surface area contributed by atoms with Gasteiger partial charge in [-0.2, -0.15) is 0 Å². The van der Waals surface area contributed by atoms with Gasteiger partial charge in [0.15, 0.2) is 28.2 Å². The van der Waals surface area contributed by atoms with Crippen molar-refractivity contribution in [1.82, 2.24) is 4.98 Å². The highest BCUT2D eigenvalue weighted by atomic mass is 32.1. The number of hydrogen-bond acceptors (Lipinski definition) is 8. The summed E-state index contributed by atoms with van der Waals surface area (Å²) in [6, 6.07) is 28.9. The highest BCUT2D eigenvalue weighted by molar-refractivity contribution is 7.22. The molecule has 0 bridgehead atoms. The number of aliphatic hydroxyl groups is 1. The summed E-state index contributed by atoms with van der Waals surface area (Å²) < 4.78 is 18.5. The minimum Gasteiger partial charge on any atom is -0.503 e. The number of allylic oxidation sites excluding steroid dienone is 1. The Morgan fingerprint density at radius 1 is 0.891 bits per heavy atom. The van der Waals surface area contributed by atoms with Crippen LogP contribution in [0.15, 0.2) is 114 Å². The van der Waals surface area contributed by atoms with Crippen molar-refractivity contribution in [2.75, 3.05) is 18.1 Å². The lowest BCUT2D eigenvalue weighted by atomic mass is 9.95. The summed E-state index contributed by atoms with van der Waals surface area (Å²) in [6.07, 6.45) is 3.03. The van der Waals surface area contributed by atoms with Gasteiger partial charge >= 0.3 is 0 Å². The lowest BCUT2D eigenvalue weighted by Crippen LogP contribution is -2.30. The van der Waals surface area contributed by atoms with Crippen LogP contribution in [0.25, 0.3) is 16.3 Å². The Morgan fingerprint density at radius 3 is 2.37 bits per heavy atom. The van der Waals surface area contributed by atoms with Crippen LogP contribution >= 0.6 is 11.3 Å². The van der Waals surface area contributed by atoms with Gasteiger partial charge in [-0.15, -0.1) is 0 Å². The molecule has 8 nitrogen and oxygen atoms in total. The highest BCUT2D eigenvalue weighted by Crippen LogP contribution is 2.45. The zero-order valence-corrected chi connectivity index (χ0v) is 26.2. The lowest BCUT2D eigenvalue weighted by molar-refractivity contribution is -0.117. The van der Waals surface area contributed by atoms with Crippen molar-refractivity contribution in [3.63, 3.8) is 0 Å². The molecule has 9 heteroatoms. The van der Waals surface area contributed by atoms with Gasteiger partial charge < -0.3 is 19.3 Å². The first-order chi connectivity index (χ1) is 22.5. The van der Waals surface area contributed by atoms with Crippen molar-refractivity contribution in [2.45, 2.75) is 26.5 Å². The van der Waals surface area contributed by atoms with Crippen LogP contribution in [0.5, 0.6) is 17.2 Å². The lowest BCUT2D eigenvalue weighted by Gasteiger charge is -2.25. The van der Waals surface area contributed by atoms with Crippen molar-refractivity contribution < 1.29 is 28.9 Å². The Bertz CT molecular complexity index is 1930. The van der Waals surface area contributed by atoms with Crippen LogP contribution in [0.3, 0.4) is 0 Å². The predicted molar refractivity (Wildman–Crippen MR) is 180 cm³/mol. The molecule has 0 radical (unpaired) electrons. The minimum atomic E-state index is -0.977. The summed E-state index contributed by atoms with van der Waals surface area (Å²) >= 11 is 1.28. The van der Waals surface area contributed by atoms with Gasteiger partial charge in [0.1, 0.15) is 12.4 Å². The number of aromatic nitrogens is 1. The molecule has 4 aromatic carbocycles. The molecule has 1 amide bonds. The molecule has 0 saturated carbocycles. The number of rotatable bonds is 12. The molecule has 0 saturated heterocycles. The van der Waals surface area contributed by atoms with Crippen LogP contribution in [0.2, 0.25) is 0 Å². The first kappa shape index (κ1) is 30.6. The third kappa shape index (κ3) is 6.36. The summed E-state index contributed by atoms with van der Waals surface area (Å²) in [6.45, 7) is 4.98. The van der Waals surface area contributed by atoms with Crippen molar-refractivity contribution in [1.29, 1.82) is 0 Å². The van der Waals surface area contributed by atoms with Crippen molar-refractivity contribution in [3.8, 4) is 17.2 Å². The standard InChI is InChI=1S/C37H32N2O6S/c1-3-43-27-17-18-28-32(22-27)46-37(38-28)39-34(33(35(41)36(39)42)29(40)19-15-24-11-7-5-8-12-24)26-16-20-30(31(21-26)44-4-2)45-23-25-13-9-6-10-14-25/h5-22,34,41H,3-4,23H2,1-2H3. The maximum absolute atomic E-state index is 13.8. The van der Waals surface area contributed by atoms with E-state index in [1.165, 1.54) is 22.3 Å². The number of ether oxygens (including phenoxy) is 3. The van der Waals surface area contributed by atoms with E-state index in [0.717, 1.165) is 15.8 Å². The molecule has 2 heterocycles. The zero-order chi connectivity index (χ0) is 32.0. The van der Waals surface area contributed by atoms with Gasteiger partial charge in [-0.1, -0.05) is 84.1 Å². The van der Waals surface area contributed by atoms with Crippen molar-refractivity contribution in [2.24, 2.45) is 0 Å². The number of thiazole rings is 1. The van der Waals surface area contributed by atoms with E-state index in [1.807, 2.05) is 92.7 Å². The van der Waals surface area contributed by atoms with E-state index in [-0.39, 0.29) is 5.57 Å². The maximum Gasteiger partial charge on any atom is 0.296 e. The molecule has 1 aliphatic rings. The summed E-state index contributed by atoms with van der Waals surface area (Å²) in [5, 5.41) is 11.6. The predicted octanol–water partition coefficient (Wildman–Crippen LogP) is 7.86. The highest BCUT2D eigenvalue weighted by Gasteiger charge is 2.45. The van der Waals surface area contributed by atoms with E-state index < -0.39 is 23.5 Å². The molecule has 1 N–H and O–H groups in total. The molecule has 0 spiro atoms. The molecule has 1 atom stereocenters. The molecule has 1 unspecified atom stereocenters. The number of benzene rings is 4. The number of aliphatic hydroxyl groups excluding tert-OH is 1. The SMILES string of the molecule is CCOc1ccc2nc(N3C(=O)C(O)=C(C(=O)C=Cc4ccccc4)C3c3ccc(OCc4ccccc4)c(OCC)c3)sc2c1. The first-order valence-corrected chi connectivity index (χ1v) is 15.8. The molecule has 5 aromatic rings. The fourth-order valence-corrected chi connectivity index (χ4v) is 6.29. The van der Waals surface area contributed by atoms with Gasteiger partial charge in [0, 0.05) is 0 Å². The number of ketones is 1. The van der Waals surface area contributed by atoms with Gasteiger partial charge in [0.25, 0.3) is 5.91 Å².